The molecule has 0 bridgehead atoms. The summed E-state index contributed by atoms with van der Waals surface area (Å²) in [6.07, 6.45) is 1.98. The van der Waals surface area contributed by atoms with Crippen molar-refractivity contribution in [1.29, 1.82) is 0 Å². The number of anilines is 1. The van der Waals surface area contributed by atoms with E-state index in [1.54, 1.807) is 0 Å². The molecule has 1 fully saturated rings. The summed E-state index contributed by atoms with van der Waals surface area (Å²) >= 11 is 4.61. The van der Waals surface area contributed by atoms with Crippen molar-refractivity contribution >= 4 is 39.3 Å². The van der Waals surface area contributed by atoms with Crippen molar-refractivity contribution in [3.8, 4) is 0 Å². The number of carbonyl (C=O) groups is 1. The van der Waals surface area contributed by atoms with Crippen molar-refractivity contribution in [2.75, 3.05) is 17.7 Å². The van der Waals surface area contributed by atoms with E-state index in [1.165, 1.54) is 16.3 Å². The van der Waals surface area contributed by atoms with Gasteiger partial charge in [0.1, 0.15) is 0 Å². The molecule has 2 aromatic rings. The zero-order valence-electron chi connectivity index (χ0n) is 12.8. The molecular formula is C15H17BrN4O3S. The van der Waals surface area contributed by atoms with Crippen molar-refractivity contribution < 1.29 is 9.53 Å². The van der Waals surface area contributed by atoms with Gasteiger partial charge in [-0.15, -0.1) is 5.10 Å². The predicted octanol–water partition coefficient (Wildman–Crippen LogP) is 2.24. The van der Waals surface area contributed by atoms with Crippen LogP contribution in [0.25, 0.3) is 0 Å². The van der Waals surface area contributed by atoms with Crippen molar-refractivity contribution in [2.24, 2.45) is 0 Å². The van der Waals surface area contributed by atoms with Gasteiger partial charge >= 0.3 is 5.69 Å². The zero-order chi connectivity index (χ0) is 16.9. The molecule has 2 heterocycles. The van der Waals surface area contributed by atoms with Gasteiger partial charge in [-0.25, -0.2) is 9.89 Å². The highest BCUT2D eigenvalue weighted by Crippen LogP contribution is 2.22. The van der Waals surface area contributed by atoms with E-state index in [0.29, 0.717) is 17.4 Å². The number of aromatic nitrogens is 3. The molecule has 0 spiro atoms. The van der Waals surface area contributed by atoms with Crippen LogP contribution in [0.1, 0.15) is 12.8 Å². The molecule has 24 heavy (non-hydrogen) atoms. The molecular weight excluding hydrogens is 396 g/mol. The van der Waals surface area contributed by atoms with Crippen molar-refractivity contribution in [3.05, 3.63) is 39.2 Å². The molecule has 1 aromatic carbocycles. The molecule has 1 aromatic heterocycles. The molecule has 1 saturated heterocycles. The van der Waals surface area contributed by atoms with Crippen molar-refractivity contribution in [3.63, 3.8) is 0 Å². The summed E-state index contributed by atoms with van der Waals surface area (Å²) in [5, 5.41) is 9.75. The lowest BCUT2D eigenvalue weighted by atomic mass is 10.2. The van der Waals surface area contributed by atoms with Crippen LogP contribution in [0.3, 0.4) is 0 Å². The van der Waals surface area contributed by atoms with Gasteiger partial charge in [0.25, 0.3) is 0 Å². The van der Waals surface area contributed by atoms with E-state index in [4.69, 9.17) is 4.74 Å². The van der Waals surface area contributed by atoms with Crippen LogP contribution >= 0.6 is 27.7 Å². The first kappa shape index (κ1) is 17.2. The lowest BCUT2D eigenvalue weighted by Gasteiger charge is -2.11. The molecule has 128 valence electrons. The minimum atomic E-state index is -0.279. The second-order valence-electron chi connectivity index (χ2n) is 5.37. The number of nitrogens with zero attached hydrogens (tertiary/aromatic N) is 2. The minimum absolute atomic E-state index is 0.0359. The van der Waals surface area contributed by atoms with Gasteiger partial charge in [-0.1, -0.05) is 23.9 Å². The quantitative estimate of drug-likeness (QED) is 0.710. The van der Waals surface area contributed by atoms with E-state index in [1.807, 2.05) is 24.3 Å². The molecule has 1 aliphatic rings. The monoisotopic (exact) mass is 412 g/mol. The van der Waals surface area contributed by atoms with Gasteiger partial charge < -0.3 is 10.1 Å². The smallest absolute Gasteiger partial charge is 0.344 e. The van der Waals surface area contributed by atoms with Crippen molar-refractivity contribution in [1.82, 2.24) is 14.8 Å². The third-order valence-corrected chi connectivity index (χ3v) is 5.28. The Labute approximate surface area is 151 Å². The van der Waals surface area contributed by atoms with Crippen LogP contribution in [0.4, 0.5) is 5.69 Å². The average Bonchev–Trinajstić information content (AvgIpc) is 3.19. The standard InChI is InChI=1S/C15H17BrN4O3S/c16-11-5-1-2-6-12(11)17-13(21)9-24-15-19-18-14(22)20(15)8-10-4-3-7-23-10/h1-2,5-6,10H,3-4,7-9H2,(H,17,21)(H,18,22). The second kappa shape index (κ2) is 8.00. The first-order chi connectivity index (χ1) is 11.6. The number of ether oxygens (including phenoxy) is 1. The largest absolute Gasteiger partial charge is 0.376 e. The average molecular weight is 413 g/mol. The number of aromatic amines is 1. The van der Waals surface area contributed by atoms with Gasteiger partial charge in [-0.3, -0.25) is 9.36 Å². The molecule has 2 N–H and O–H groups in total. The van der Waals surface area contributed by atoms with Crippen LogP contribution in [-0.4, -0.2) is 39.1 Å². The SMILES string of the molecule is O=C(CSc1n[nH]c(=O)n1CC1CCCO1)Nc1ccccc1Br. The topological polar surface area (TPSA) is 89.0 Å². The molecule has 9 heteroatoms. The Bertz CT molecular complexity index is 770. The highest BCUT2D eigenvalue weighted by atomic mass is 79.9. The van der Waals surface area contributed by atoms with Crippen LogP contribution in [-0.2, 0) is 16.1 Å². The van der Waals surface area contributed by atoms with E-state index >= 15 is 0 Å². The highest BCUT2D eigenvalue weighted by Gasteiger charge is 2.20. The van der Waals surface area contributed by atoms with Gasteiger partial charge in [-0.05, 0) is 40.9 Å². The van der Waals surface area contributed by atoms with Gasteiger partial charge in [0.05, 0.1) is 24.1 Å². The van der Waals surface area contributed by atoms with E-state index < -0.39 is 0 Å². The normalized spacial score (nSPS) is 17.1. The molecule has 7 nitrogen and oxygen atoms in total. The van der Waals surface area contributed by atoms with Gasteiger partial charge in [-0.2, -0.15) is 0 Å². The van der Waals surface area contributed by atoms with Crippen LogP contribution in [0.15, 0.2) is 38.7 Å². The first-order valence-corrected chi connectivity index (χ1v) is 9.35. The summed E-state index contributed by atoms with van der Waals surface area (Å²) in [4.78, 5) is 24.0. The minimum Gasteiger partial charge on any atom is -0.376 e. The van der Waals surface area contributed by atoms with Gasteiger partial charge in [0, 0.05) is 11.1 Å². The Morgan fingerprint density at radius 1 is 1.50 bits per heavy atom. The predicted molar refractivity (Wildman–Crippen MR) is 95.3 cm³/mol. The third kappa shape index (κ3) is 4.28. The molecule has 1 atom stereocenters. The number of H-pyrrole nitrogens is 1. The lowest BCUT2D eigenvalue weighted by Crippen LogP contribution is -2.25. The number of thioether (sulfide) groups is 1. The molecule has 0 aliphatic carbocycles. The Kier molecular flexibility index (Phi) is 5.75. The van der Waals surface area contributed by atoms with Crippen molar-refractivity contribution in [2.45, 2.75) is 30.6 Å². The molecule has 0 radical (unpaired) electrons. The van der Waals surface area contributed by atoms with Crippen LogP contribution in [0.2, 0.25) is 0 Å². The Morgan fingerprint density at radius 3 is 3.08 bits per heavy atom. The van der Waals surface area contributed by atoms with E-state index in [-0.39, 0.29) is 23.5 Å². The maximum atomic E-state index is 12.1. The number of rotatable bonds is 6. The first-order valence-electron chi connectivity index (χ1n) is 7.57. The van der Waals surface area contributed by atoms with E-state index in [9.17, 15) is 9.59 Å². The molecule has 1 unspecified atom stereocenters. The summed E-state index contributed by atoms with van der Waals surface area (Å²) in [5.74, 6) is 0.00274. The Hall–Kier alpha value is -1.58. The molecule has 1 amide bonds. The second-order valence-corrected chi connectivity index (χ2v) is 7.17. The number of nitrogens with one attached hydrogen (secondary N) is 2. The Balaban J connectivity index is 1.59. The highest BCUT2D eigenvalue weighted by molar-refractivity contribution is 9.10. The van der Waals surface area contributed by atoms with Crippen LogP contribution < -0.4 is 11.0 Å². The molecule has 0 saturated carbocycles. The number of amides is 1. The maximum absolute atomic E-state index is 12.1. The summed E-state index contributed by atoms with van der Waals surface area (Å²) < 4.78 is 7.91. The van der Waals surface area contributed by atoms with Gasteiger partial charge in [0.15, 0.2) is 5.16 Å². The lowest BCUT2D eigenvalue weighted by molar-refractivity contribution is -0.113. The third-order valence-electron chi connectivity index (χ3n) is 3.61. The fourth-order valence-electron chi connectivity index (χ4n) is 2.45. The summed E-state index contributed by atoms with van der Waals surface area (Å²) in [6, 6.07) is 7.40. The maximum Gasteiger partial charge on any atom is 0.344 e. The summed E-state index contributed by atoms with van der Waals surface area (Å²) in [6.45, 7) is 1.19. The number of halogens is 1. The molecule has 1 aliphatic heterocycles. The molecule has 3 rings (SSSR count). The van der Waals surface area contributed by atoms with E-state index in [2.05, 4.69) is 31.4 Å². The summed E-state index contributed by atoms with van der Waals surface area (Å²) in [7, 11) is 0. The van der Waals surface area contributed by atoms with Crippen LogP contribution in [0, 0.1) is 0 Å². The Morgan fingerprint density at radius 2 is 2.33 bits per heavy atom. The number of benzene rings is 1. The van der Waals surface area contributed by atoms with Crippen LogP contribution in [0.5, 0.6) is 0 Å². The van der Waals surface area contributed by atoms with Gasteiger partial charge in [0.2, 0.25) is 5.91 Å². The van der Waals surface area contributed by atoms with E-state index in [0.717, 1.165) is 23.9 Å². The summed E-state index contributed by atoms with van der Waals surface area (Å²) in [5.41, 5.74) is 0.432. The fourth-order valence-corrected chi connectivity index (χ4v) is 3.59. The zero-order valence-corrected chi connectivity index (χ0v) is 15.2. The number of hydrogen-bond donors (Lipinski definition) is 2. The number of carbonyl (C=O) groups excluding carboxylic acids is 1. The fraction of sp³-hybridized carbons (Fsp3) is 0.400. The number of hydrogen-bond acceptors (Lipinski definition) is 5. The number of para-hydroxylation sites is 1.